The minimum absolute atomic E-state index is 0.0232. The maximum atomic E-state index is 12.3. The number of carbonyl (C=O) groups excluding carboxylic acids is 2. The lowest BCUT2D eigenvalue weighted by molar-refractivity contribution is -0.133. The average molecular weight is 388 g/mol. The summed E-state index contributed by atoms with van der Waals surface area (Å²) in [5, 5.41) is 6.55. The molecule has 154 valence electrons. The minimum atomic E-state index is 0.0232. The molecule has 1 aromatic carbocycles. The van der Waals surface area contributed by atoms with Crippen molar-refractivity contribution in [1.82, 2.24) is 20.4 Å². The van der Waals surface area contributed by atoms with Crippen molar-refractivity contribution < 1.29 is 9.59 Å². The molecule has 28 heavy (non-hydrogen) atoms. The fraction of sp³-hybridized carbons (Fsp3) is 0.571. The van der Waals surface area contributed by atoms with Gasteiger partial charge in [0.1, 0.15) is 0 Å². The Morgan fingerprint density at radius 3 is 2.64 bits per heavy atom. The molecule has 1 aliphatic heterocycles. The lowest BCUT2D eigenvalue weighted by Gasteiger charge is -2.21. The van der Waals surface area contributed by atoms with Crippen LogP contribution in [0.15, 0.2) is 35.3 Å². The van der Waals surface area contributed by atoms with Gasteiger partial charge >= 0.3 is 0 Å². The summed E-state index contributed by atoms with van der Waals surface area (Å²) in [5.41, 5.74) is 1.12. The third-order valence-electron chi connectivity index (χ3n) is 4.88. The molecule has 1 atom stereocenters. The number of nitrogens with one attached hydrogen (secondary N) is 2. The van der Waals surface area contributed by atoms with E-state index in [4.69, 9.17) is 0 Å². The fourth-order valence-corrected chi connectivity index (χ4v) is 3.26. The molecule has 0 radical (unpaired) electrons. The molecule has 2 N–H and O–H groups in total. The van der Waals surface area contributed by atoms with Gasteiger partial charge in [-0.2, -0.15) is 0 Å². The van der Waals surface area contributed by atoms with Crippen molar-refractivity contribution in [2.45, 2.75) is 39.3 Å². The van der Waals surface area contributed by atoms with E-state index in [1.165, 1.54) is 0 Å². The van der Waals surface area contributed by atoms with Crippen molar-refractivity contribution in [3.8, 4) is 0 Å². The van der Waals surface area contributed by atoms with E-state index in [1.54, 1.807) is 11.9 Å². The van der Waals surface area contributed by atoms with E-state index in [0.29, 0.717) is 32.0 Å². The van der Waals surface area contributed by atoms with Gasteiger partial charge in [-0.3, -0.25) is 14.6 Å². The first-order valence-electron chi connectivity index (χ1n) is 9.94. The van der Waals surface area contributed by atoms with Crippen LogP contribution < -0.4 is 10.6 Å². The number of likely N-dealkylation sites (tertiary alicyclic amines) is 1. The number of nitrogens with zero attached hydrogens (tertiary/aromatic N) is 3. The summed E-state index contributed by atoms with van der Waals surface area (Å²) in [5.74, 6) is 0.970. The largest absolute Gasteiger partial charge is 0.356 e. The van der Waals surface area contributed by atoms with Gasteiger partial charge in [0.15, 0.2) is 5.96 Å². The minimum Gasteiger partial charge on any atom is -0.356 e. The van der Waals surface area contributed by atoms with Crippen LogP contribution in [0, 0.1) is 5.92 Å². The molecule has 1 unspecified atom stereocenters. The molecular formula is C21H33N5O2. The molecule has 0 aromatic heterocycles. The van der Waals surface area contributed by atoms with E-state index in [-0.39, 0.29) is 23.8 Å². The van der Waals surface area contributed by atoms with Crippen LogP contribution in [0.3, 0.4) is 0 Å². The van der Waals surface area contributed by atoms with Gasteiger partial charge in [0, 0.05) is 58.7 Å². The third-order valence-corrected chi connectivity index (χ3v) is 4.88. The molecule has 7 nitrogen and oxygen atoms in total. The molecule has 0 aliphatic carbocycles. The van der Waals surface area contributed by atoms with Gasteiger partial charge in [-0.05, 0) is 12.0 Å². The summed E-state index contributed by atoms with van der Waals surface area (Å²) in [6.45, 7) is 6.43. The first-order chi connectivity index (χ1) is 13.4. The summed E-state index contributed by atoms with van der Waals surface area (Å²) in [4.78, 5) is 32.3. The molecule has 2 amide bonds. The quantitative estimate of drug-likeness (QED) is 0.549. The Bertz CT molecular complexity index is 675. The Morgan fingerprint density at radius 1 is 1.29 bits per heavy atom. The standard InChI is InChI=1S/C21H33N5O2/c1-16(2)20(28)26-13-11-18(15-26)24-21(22-3)23-12-10-19(27)25(4)14-17-8-6-5-7-9-17/h5-9,16,18H,10-15H2,1-4H3,(H2,22,23,24). The molecule has 2 rings (SSSR count). The van der Waals surface area contributed by atoms with Crippen molar-refractivity contribution in [3.63, 3.8) is 0 Å². The third kappa shape index (κ3) is 6.55. The van der Waals surface area contributed by atoms with Crippen LogP contribution in [0.1, 0.15) is 32.3 Å². The monoisotopic (exact) mass is 387 g/mol. The van der Waals surface area contributed by atoms with E-state index < -0.39 is 0 Å². The molecule has 1 aromatic rings. The van der Waals surface area contributed by atoms with Gasteiger partial charge in [0.25, 0.3) is 0 Å². The van der Waals surface area contributed by atoms with E-state index in [0.717, 1.165) is 18.5 Å². The lowest BCUT2D eigenvalue weighted by Crippen LogP contribution is -2.46. The Labute approximate surface area is 168 Å². The predicted molar refractivity (Wildman–Crippen MR) is 112 cm³/mol. The highest BCUT2D eigenvalue weighted by Crippen LogP contribution is 2.12. The second-order valence-corrected chi connectivity index (χ2v) is 7.55. The van der Waals surface area contributed by atoms with E-state index in [2.05, 4.69) is 15.6 Å². The van der Waals surface area contributed by atoms with Crippen LogP contribution in [0.2, 0.25) is 0 Å². The number of amides is 2. The zero-order chi connectivity index (χ0) is 20.5. The van der Waals surface area contributed by atoms with Gasteiger partial charge in [-0.25, -0.2) is 0 Å². The molecule has 1 aliphatic rings. The number of benzene rings is 1. The molecular weight excluding hydrogens is 354 g/mol. The van der Waals surface area contributed by atoms with Gasteiger partial charge in [-0.1, -0.05) is 44.2 Å². The highest BCUT2D eigenvalue weighted by atomic mass is 16.2. The Morgan fingerprint density at radius 2 is 2.00 bits per heavy atom. The number of rotatable bonds is 7. The highest BCUT2D eigenvalue weighted by molar-refractivity contribution is 5.82. The smallest absolute Gasteiger partial charge is 0.225 e. The Hall–Kier alpha value is -2.57. The maximum Gasteiger partial charge on any atom is 0.225 e. The average Bonchev–Trinajstić information content (AvgIpc) is 3.15. The van der Waals surface area contributed by atoms with Crippen LogP contribution in [-0.4, -0.2) is 67.3 Å². The second kappa shape index (κ2) is 10.7. The summed E-state index contributed by atoms with van der Waals surface area (Å²) >= 11 is 0. The highest BCUT2D eigenvalue weighted by Gasteiger charge is 2.27. The van der Waals surface area contributed by atoms with Crippen molar-refractivity contribution in [3.05, 3.63) is 35.9 Å². The van der Waals surface area contributed by atoms with Crippen LogP contribution >= 0.6 is 0 Å². The maximum absolute atomic E-state index is 12.3. The fourth-order valence-electron chi connectivity index (χ4n) is 3.26. The zero-order valence-electron chi connectivity index (χ0n) is 17.4. The van der Waals surface area contributed by atoms with Crippen LogP contribution in [-0.2, 0) is 16.1 Å². The van der Waals surface area contributed by atoms with Crippen molar-refractivity contribution >= 4 is 17.8 Å². The lowest BCUT2D eigenvalue weighted by atomic mass is 10.2. The molecule has 0 saturated carbocycles. The zero-order valence-corrected chi connectivity index (χ0v) is 17.4. The predicted octanol–water partition coefficient (Wildman–Crippen LogP) is 1.46. The summed E-state index contributed by atoms with van der Waals surface area (Å²) in [7, 11) is 3.53. The number of hydrogen-bond donors (Lipinski definition) is 2. The van der Waals surface area contributed by atoms with Crippen molar-refractivity contribution in [2.75, 3.05) is 33.7 Å². The first-order valence-corrected chi connectivity index (χ1v) is 9.94. The van der Waals surface area contributed by atoms with Gasteiger partial charge in [0.2, 0.25) is 11.8 Å². The second-order valence-electron chi connectivity index (χ2n) is 7.55. The van der Waals surface area contributed by atoms with E-state index in [9.17, 15) is 9.59 Å². The molecule has 0 bridgehead atoms. The van der Waals surface area contributed by atoms with Crippen LogP contribution in [0.25, 0.3) is 0 Å². The number of hydrogen-bond acceptors (Lipinski definition) is 3. The normalized spacial score (nSPS) is 17.0. The molecule has 1 heterocycles. The summed E-state index contributed by atoms with van der Waals surface area (Å²) < 4.78 is 0. The molecule has 7 heteroatoms. The van der Waals surface area contributed by atoms with Gasteiger partial charge < -0.3 is 20.4 Å². The summed E-state index contributed by atoms with van der Waals surface area (Å²) in [6.07, 6.45) is 1.30. The van der Waals surface area contributed by atoms with Crippen molar-refractivity contribution in [1.29, 1.82) is 0 Å². The van der Waals surface area contributed by atoms with Crippen LogP contribution in [0.5, 0.6) is 0 Å². The van der Waals surface area contributed by atoms with Gasteiger partial charge in [0.05, 0.1) is 0 Å². The number of aliphatic imine (C=N–C) groups is 1. The molecule has 0 spiro atoms. The Balaban J connectivity index is 1.71. The molecule has 1 saturated heterocycles. The van der Waals surface area contributed by atoms with Crippen LogP contribution in [0.4, 0.5) is 0 Å². The first kappa shape index (κ1) is 21.7. The van der Waals surface area contributed by atoms with E-state index >= 15 is 0 Å². The Kier molecular flexibility index (Phi) is 8.29. The number of guanidine groups is 1. The number of carbonyl (C=O) groups is 2. The SMILES string of the molecule is CN=C(NCCC(=O)N(C)Cc1ccccc1)NC1CCN(C(=O)C(C)C)C1. The molecule has 1 fully saturated rings. The van der Waals surface area contributed by atoms with Gasteiger partial charge in [-0.15, -0.1) is 0 Å². The van der Waals surface area contributed by atoms with Crippen molar-refractivity contribution in [2.24, 2.45) is 10.9 Å². The summed E-state index contributed by atoms with van der Waals surface area (Å²) in [6, 6.07) is 10.1. The van der Waals surface area contributed by atoms with E-state index in [1.807, 2.05) is 56.1 Å². The topological polar surface area (TPSA) is 77.0 Å².